The van der Waals surface area contributed by atoms with Gasteiger partial charge in [-0.15, -0.1) is 0 Å². The summed E-state index contributed by atoms with van der Waals surface area (Å²) in [6, 6.07) is 4.38. The summed E-state index contributed by atoms with van der Waals surface area (Å²) >= 11 is -0.383. The van der Waals surface area contributed by atoms with Gasteiger partial charge in [0.15, 0.2) is 0 Å². The average Bonchev–Trinajstić information content (AvgIpc) is 2.36. The molecule has 3 heteroatoms. The Morgan fingerprint density at radius 3 is 2.82 bits per heavy atom. The summed E-state index contributed by atoms with van der Waals surface area (Å²) in [4.78, 5) is 0. The number of rotatable bonds is 0. The molecule has 0 spiro atoms. The standard InChI is InChI=1S/C8H9NOTe/c1-5-3-7-8(4-6(5)2)11-10-9-7/h3-4,9H,1-2H3. The van der Waals surface area contributed by atoms with E-state index in [9.17, 15) is 0 Å². The van der Waals surface area contributed by atoms with E-state index >= 15 is 0 Å². The van der Waals surface area contributed by atoms with Crippen molar-refractivity contribution < 1.29 is 3.20 Å². The van der Waals surface area contributed by atoms with Gasteiger partial charge in [-0.25, -0.2) is 0 Å². The van der Waals surface area contributed by atoms with Crippen LogP contribution < -0.4 is 9.09 Å². The number of hydrogen-bond donors (Lipinski definition) is 1. The average molecular weight is 263 g/mol. The summed E-state index contributed by atoms with van der Waals surface area (Å²) in [6.07, 6.45) is 0. The van der Waals surface area contributed by atoms with E-state index in [-0.39, 0.29) is 21.3 Å². The Balaban J connectivity index is 2.57. The van der Waals surface area contributed by atoms with E-state index in [1.807, 2.05) is 0 Å². The maximum absolute atomic E-state index is 5.20. The molecule has 2 rings (SSSR count). The fraction of sp³-hybridized carbons (Fsp3) is 0.250. The summed E-state index contributed by atoms with van der Waals surface area (Å²) in [6.45, 7) is 4.26. The van der Waals surface area contributed by atoms with Crippen LogP contribution in [-0.2, 0) is 3.20 Å². The van der Waals surface area contributed by atoms with Crippen LogP contribution in [0.15, 0.2) is 12.1 Å². The number of aryl methyl sites for hydroxylation is 2. The number of anilines is 1. The SMILES string of the molecule is Cc1cc2c(cc1C)[Te]ON2. The molecule has 0 aromatic heterocycles. The summed E-state index contributed by atoms with van der Waals surface area (Å²) in [5.74, 6) is 0. The molecular formula is C8H9NOTe. The Labute approximate surface area is 76.5 Å². The van der Waals surface area contributed by atoms with Gasteiger partial charge in [0, 0.05) is 0 Å². The van der Waals surface area contributed by atoms with E-state index < -0.39 is 0 Å². The van der Waals surface area contributed by atoms with Crippen molar-refractivity contribution >= 4 is 30.6 Å². The van der Waals surface area contributed by atoms with Crippen molar-refractivity contribution in [2.24, 2.45) is 0 Å². The van der Waals surface area contributed by atoms with Gasteiger partial charge in [-0.3, -0.25) is 0 Å². The van der Waals surface area contributed by atoms with E-state index in [0.29, 0.717) is 0 Å². The van der Waals surface area contributed by atoms with Crippen LogP contribution in [0.2, 0.25) is 0 Å². The van der Waals surface area contributed by atoms with Crippen LogP contribution in [0.25, 0.3) is 0 Å². The van der Waals surface area contributed by atoms with E-state index in [1.165, 1.54) is 20.4 Å². The molecule has 1 N–H and O–H groups in total. The van der Waals surface area contributed by atoms with Gasteiger partial charge in [-0.1, -0.05) is 0 Å². The molecule has 11 heavy (non-hydrogen) atoms. The van der Waals surface area contributed by atoms with Crippen molar-refractivity contribution in [3.63, 3.8) is 0 Å². The van der Waals surface area contributed by atoms with Crippen LogP contribution in [0.5, 0.6) is 0 Å². The Morgan fingerprint density at radius 2 is 2.00 bits per heavy atom. The third kappa shape index (κ3) is 1.24. The first-order chi connectivity index (χ1) is 5.27. The van der Waals surface area contributed by atoms with Gasteiger partial charge in [0.05, 0.1) is 0 Å². The van der Waals surface area contributed by atoms with Gasteiger partial charge in [0.25, 0.3) is 0 Å². The first-order valence-corrected chi connectivity index (χ1v) is 5.60. The molecule has 1 heterocycles. The van der Waals surface area contributed by atoms with E-state index in [1.54, 1.807) is 0 Å². The van der Waals surface area contributed by atoms with Gasteiger partial charge >= 0.3 is 76.4 Å². The van der Waals surface area contributed by atoms with Gasteiger partial charge in [0.1, 0.15) is 0 Å². The molecule has 2 nitrogen and oxygen atoms in total. The molecule has 0 bridgehead atoms. The maximum atomic E-state index is 5.20. The Bertz CT molecular complexity index is 269. The van der Waals surface area contributed by atoms with Crippen LogP contribution in [0.4, 0.5) is 5.69 Å². The Morgan fingerprint density at radius 1 is 1.27 bits per heavy atom. The number of nitrogens with one attached hydrogen (secondary N) is 1. The molecule has 0 fully saturated rings. The zero-order valence-corrected chi connectivity index (χ0v) is 8.80. The molecule has 0 unspecified atom stereocenters. The second-order valence-corrected chi connectivity index (χ2v) is 4.91. The number of benzene rings is 1. The van der Waals surface area contributed by atoms with Gasteiger partial charge in [-0.05, 0) is 0 Å². The van der Waals surface area contributed by atoms with Crippen molar-refractivity contribution in [3.8, 4) is 0 Å². The minimum atomic E-state index is -0.383. The molecule has 0 amide bonds. The first kappa shape index (κ1) is 7.42. The monoisotopic (exact) mass is 265 g/mol. The van der Waals surface area contributed by atoms with Crippen molar-refractivity contribution in [1.29, 1.82) is 0 Å². The van der Waals surface area contributed by atoms with Crippen molar-refractivity contribution in [2.75, 3.05) is 5.48 Å². The molecule has 0 saturated carbocycles. The quantitative estimate of drug-likeness (QED) is 0.702. The van der Waals surface area contributed by atoms with Crippen LogP contribution >= 0.6 is 0 Å². The fourth-order valence-electron chi connectivity index (χ4n) is 1.05. The summed E-state index contributed by atoms with van der Waals surface area (Å²) in [5.41, 5.74) is 6.79. The normalized spacial score (nSPS) is 14.4. The van der Waals surface area contributed by atoms with Crippen molar-refractivity contribution in [3.05, 3.63) is 23.3 Å². The predicted octanol–water partition coefficient (Wildman–Crippen LogP) is 0.905. The summed E-state index contributed by atoms with van der Waals surface area (Å²) < 4.78 is 6.59. The molecule has 0 saturated heterocycles. The second-order valence-electron chi connectivity index (χ2n) is 2.70. The number of fused-ring (bicyclic) bond motifs is 1. The molecule has 58 valence electrons. The second kappa shape index (κ2) is 2.67. The van der Waals surface area contributed by atoms with Crippen LogP contribution in [0.1, 0.15) is 11.1 Å². The van der Waals surface area contributed by atoms with Crippen LogP contribution in [0, 0.1) is 13.8 Å². The van der Waals surface area contributed by atoms with Gasteiger partial charge in [-0.2, -0.15) is 0 Å². The topological polar surface area (TPSA) is 21.3 Å². The Hall–Kier alpha value is -0.230. The fourth-order valence-corrected chi connectivity index (χ4v) is 2.87. The zero-order valence-electron chi connectivity index (χ0n) is 6.47. The number of hydrogen-bond acceptors (Lipinski definition) is 2. The zero-order chi connectivity index (χ0) is 7.84. The van der Waals surface area contributed by atoms with Gasteiger partial charge in [0.2, 0.25) is 0 Å². The molecule has 1 aromatic rings. The van der Waals surface area contributed by atoms with Crippen LogP contribution in [-0.4, -0.2) is 21.3 Å². The third-order valence-corrected chi connectivity index (χ3v) is 3.83. The minimum absolute atomic E-state index is 0.383. The molecule has 0 aliphatic carbocycles. The molecule has 1 aliphatic rings. The van der Waals surface area contributed by atoms with E-state index in [0.717, 1.165) is 0 Å². The summed E-state index contributed by atoms with van der Waals surface area (Å²) in [5, 5.41) is 0. The van der Waals surface area contributed by atoms with Crippen LogP contribution in [0.3, 0.4) is 0 Å². The van der Waals surface area contributed by atoms with Crippen molar-refractivity contribution in [1.82, 2.24) is 0 Å². The molecule has 1 aliphatic heterocycles. The molecule has 1 aromatic carbocycles. The summed E-state index contributed by atoms with van der Waals surface area (Å²) in [7, 11) is 0. The third-order valence-electron chi connectivity index (χ3n) is 1.88. The first-order valence-electron chi connectivity index (χ1n) is 3.48. The van der Waals surface area contributed by atoms with Crippen molar-refractivity contribution in [2.45, 2.75) is 13.8 Å². The Kier molecular flexibility index (Phi) is 1.80. The molecular weight excluding hydrogens is 254 g/mol. The van der Waals surface area contributed by atoms with Gasteiger partial charge < -0.3 is 0 Å². The molecule has 0 atom stereocenters. The predicted molar refractivity (Wildman–Crippen MR) is 46.0 cm³/mol. The van der Waals surface area contributed by atoms with E-state index in [4.69, 9.17) is 3.20 Å². The van der Waals surface area contributed by atoms with E-state index in [2.05, 4.69) is 31.5 Å². The molecule has 0 radical (unpaired) electrons.